The highest BCUT2D eigenvalue weighted by Gasteiger charge is 1.65. The molecule has 0 aliphatic heterocycles. The van der Waals surface area contributed by atoms with E-state index in [1.807, 2.05) is 36.4 Å². The van der Waals surface area contributed by atoms with Crippen molar-refractivity contribution >= 4 is 29.9 Å². The summed E-state index contributed by atoms with van der Waals surface area (Å²) >= 11 is 0. The van der Waals surface area contributed by atoms with Gasteiger partial charge in [-0.05, 0) is 0 Å². The van der Waals surface area contributed by atoms with Crippen molar-refractivity contribution in [2.45, 2.75) is 6.92 Å². The Morgan fingerprint density at radius 3 is 1.18 bits per heavy atom. The van der Waals surface area contributed by atoms with Crippen LogP contribution in [0.4, 0.5) is 0 Å². The molecule has 0 spiro atoms. The first kappa shape index (κ1) is 13.0. The largest absolute Gasteiger partial charge is 0.481 e. The minimum absolute atomic E-state index is 0. The Morgan fingerprint density at radius 2 is 1.09 bits per heavy atom. The van der Waals surface area contributed by atoms with Crippen molar-refractivity contribution in [2.24, 2.45) is 0 Å². The predicted octanol–water partition coefficient (Wildman–Crippen LogP) is 2.40. The first-order chi connectivity index (χ1) is 4.73. The highest BCUT2D eigenvalue weighted by molar-refractivity contribution is 14.0. The molecule has 0 aromatic heterocycles. The molecule has 0 saturated heterocycles. The molecule has 0 aliphatic carbocycles. The topological polar surface area (TPSA) is 37.3 Å². The van der Waals surface area contributed by atoms with Crippen LogP contribution in [0, 0.1) is 0 Å². The molecule has 0 atom stereocenters. The van der Waals surface area contributed by atoms with Gasteiger partial charge in [-0.25, -0.2) is 0 Å². The van der Waals surface area contributed by atoms with Crippen LogP contribution < -0.4 is 0 Å². The molecule has 0 radical (unpaired) electrons. The Kier molecular flexibility index (Phi) is 11.2. The van der Waals surface area contributed by atoms with Gasteiger partial charge in [-0.1, -0.05) is 36.4 Å². The van der Waals surface area contributed by atoms with E-state index in [-0.39, 0.29) is 24.0 Å². The molecule has 0 amide bonds. The Hall–Kier alpha value is -0.580. The van der Waals surface area contributed by atoms with E-state index < -0.39 is 5.97 Å². The lowest BCUT2D eigenvalue weighted by Gasteiger charge is -1.69. The Labute approximate surface area is 83.3 Å². The van der Waals surface area contributed by atoms with Crippen LogP contribution in [0.3, 0.4) is 0 Å². The van der Waals surface area contributed by atoms with E-state index in [9.17, 15) is 0 Å². The lowest BCUT2D eigenvalue weighted by molar-refractivity contribution is -0.134. The van der Waals surface area contributed by atoms with Gasteiger partial charge in [0.05, 0.1) is 0 Å². The third-order valence-electron chi connectivity index (χ3n) is 0.667. The maximum Gasteiger partial charge on any atom is 0.300 e. The first-order valence-corrected chi connectivity index (χ1v) is 2.93. The molecule has 11 heavy (non-hydrogen) atoms. The third-order valence-corrected chi connectivity index (χ3v) is 0.667. The number of benzene rings is 1. The maximum atomic E-state index is 9.00. The van der Waals surface area contributed by atoms with Gasteiger partial charge in [-0.3, -0.25) is 4.79 Å². The summed E-state index contributed by atoms with van der Waals surface area (Å²) in [4.78, 5) is 9.00. The molecular weight excluding hydrogens is 255 g/mol. The number of rotatable bonds is 0. The SMILES string of the molecule is CC(=O)O.I.c1ccccc1. The molecule has 0 aliphatic rings. The normalized spacial score (nSPS) is 6.64. The Morgan fingerprint density at radius 1 is 1.00 bits per heavy atom. The Bertz CT molecular complexity index is 144. The zero-order chi connectivity index (χ0) is 7.82. The summed E-state index contributed by atoms with van der Waals surface area (Å²) in [5, 5.41) is 7.42. The average Bonchev–Trinajstić information content (AvgIpc) is 1.90. The van der Waals surface area contributed by atoms with Crippen molar-refractivity contribution in [3.8, 4) is 0 Å². The fourth-order valence-electron chi connectivity index (χ4n) is 0.385. The first-order valence-electron chi connectivity index (χ1n) is 2.93. The second-order valence-corrected chi connectivity index (χ2v) is 1.67. The van der Waals surface area contributed by atoms with Crippen molar-refractivity contribution in [1.82, 2.24) is 0 Å². The van der Waals surface area contributed by atoms with Gasteiger partial charge in [0, 0.05) is 6.92 Å². The number of hydrogen-bond donors (Lipinski definition) is 1. The summed E-state index contributed by atoms with van der Waals surface area (Å²) < 4.78 is 0. The fourth-order valence-corrected chi connectivity index (χ4v) is 0.385. The van der Waals surface area contributed by atoms with Crippen LogP contribution in [0.1, 0.15) is 6.92 Å². The van der Waals surface area contributed by atoms with Gasteiger partial charge in [0.2, 0.25) is 0 Å². The van der Waals surface area contributed by atoms with E-state index in [2.05, 4.69) is 0 Å². The van der Waals surface area contributed by atoms with Crippen LogP contribution in [-0.2, 0) is 4.79 Å². The predicted molar refractivity (Wildman–Crippen MR) is 55.2 cm³/mol. The highest BCUT2D eigenvalue weighted by Crippen LogP contribution is 1.79. The maximum absolute atomic E-state index is 9.00. The van der Waals surface area contributed by atoms with Crippen molar-refractivity contribution in [3.63, 3.8) is 0 Å². The van der Waals surface area contributed by atoms with Crippen LogP contribution in [0.5, 0.6) is 0 Å². The Balaban J connectivity index is 0. The summed E-state index contributed by atoms with van der Waals surface area (Å²) in [5.41, 5.74) is 0. The second-order valence-electron chi connectivity index (χ2n) is 1.67. The number of carboxylic acids is 1. The summed E-state index contributed by atoms with van der Waals surface area (Å²) in [6.07, 6.45) is 0. The molecule has 0 bridgehead atoms. The smallest absolute Gasteiger partial charge is 0.300 e. The van der Waals surface area contributed by atoms with Gasteiger partial charge in [0.1, 0.15) is 0 Å². The van der Waals surface area contributed by atoms with Crippen molar-refractivity contribution in [3.05, 3.63) is 36.4 Å². The van der Waals surface area contributed by atoms with E-state index in [4.69, 9.17) is 9.90 Å². The molecule has 3 heteroatoms. The highest BCUT2D eigenvalue weighted by atomic mass is 127. The molecule has 0 saturated carbocycles. The average molecular weight is 266 g/mol. The van der Waals surface area contributed by atoms with Crippen LogP contribution >= 0.6 is 24.0 Å². The zero-order valence-corrected chi connectivity index (χ0v) is 8.56. The molecular formula is C8H11IO2. The molecule has 1 aromatic carbocycles. The zero-order valence-electron chi connectivity index (χ0n) is 6.23. The molecule has 0 fully saturated rings. The second kappa shape index (κ2) is 9.42. The number of hydrogen-bond acceptors (Lipinski definition) is 1. The minimum Gasteiger partial charge on any atom is -0.481 e. The summed E-state index contributed by atoms with van der Waals surface area (Å²) in [7, 11) is 0. The van der Waals surface area contributed by atoms with E-state index in [0.717, 1.165) is 6.92 Å². The standard InChI is InChI=1S/C6H6.C2H4O2.HI/c1-2-4-6-5-3-1;1-2(3)4;/h1-6H;1H3,(H,3,4);1H. The summed E-state index contributed by atoms with van der Waals surface area (Å²) in [5.74, 6) is -0.833. The van der Waals surface area contributed by atoms with Crippen molar-refractivity contribution in [2.75, 3.05) is 0 Å². The quantitative estimate of drug-likeness (QED) is 0.732. The molecule has 1 N–H and O–H groups in total. The van der Waals surface area contributed by atoms with Gasteiger partial charge >= 0.3 is 0 Å². The molecule has 0 heterocycles. The van der Waals surface area contributed by atoms with Crippen LogP contribution in [0.25, 0.3) is 0 Å². The molecule has 0 unspecified atom stereocenters. The number of carbonyl (C=O) groups is 1. The van der Waals surface area contributed by atoms with E-state index in [1.54, 1.807) is 0 Å². The molecule has 1 rings (SSSR count). The van der Waals surface area contributed by atoms with Crippen molar-refractivity contribution in [1.29, 1.82) is 0 Å². The van der Waals surface area contributed by atoms with E-state index in [0.29, 0.717) is 0 Å². The lowest BCUT2D eigenvalue weighted by Crippen LogP contribution is -1.78. The van der Waals surface area contributed by atoms with Crippen molar-refractivity contribution < 1.29 is 9.90 Å². The molecule has 1 aromatic rings. The summed E-state index contributed by atoms with van der Waals surface area (Å²) in [6.45, 7) is 1.08. The van der Waals surface area contributed by atoms with Gasteiger partial charge in [-0.2, -0.15) is 0 Å². The van der Waals surface area contributed by atoms with Crippen LogP contribution in [0.2, 0.25) is 0 Å². The van der Waals surface area contributed by atoms with Crippen LogP contribution in [0.15, 0.2) is 36.4 Å². The van der Waals surface area contributed by atoms with E-state index in [1.165, 1.54) is 0 Å². The monoisotopic (exact) mass is 266 g/mol. The van der Waals surface area contributed by atoms with Gasteiger partial charge in [-0.15, -0.1) is 24.0 Å². The van der Waals surface area contributed by atoms with E-state index >= 15 is 0 Å². The minimum atomic E-state index is -0.833. The number of halogens is 1. The summed E-state index contributed by atoms with van der Waals surface area (Å²) in [6, 6.07) is 12.0. The van der Waals surface area contributed by atoms with Crippen LogP contribution in [-0.4, -0.2) is 11.1 Å². The van der Waals surface area contributed by atoms with Gasteiger partial charge < -0.3 is 5.11 Å². The number of aliphatic carboxylic acids is 1. The van der Waals surface area contributed by atoms with Gasteiger partial charge in [0.15, 0.2) is 0 Å². The van der Waals surface area contributed by atoms with Gasteiger partial charge in [0.25, 0.3) is 5.97 Å². The molecule has 2 nitrogen and oxygen atoms in total. The third kappa shape index (κ3) is 17.7. The lowest BCUT2D eigenvalue weighted by atomic mass is 10.4. The number of carboxylic acid groups (broad SMARTS) is 1. The fraction of sp³-hybridized carbons (Fsp3) is 0.125. The molecule has 62 valence electrons.